The highest BCUT2D eigenvalue weighted by atomic mass is 16.4. The molecule has 1 aliphatic heterocycles. The molecule has 1 aromatic heterocycles. The van der Waals surface area contributed by atoms with E-state index in [9.17, 15) is 9.59 Å². The van der Waals surface area contributed by atoms with Gasteiger partial charge in [0.05, 0.1) is 6.20 Å². The van der Waals surface area contributed by atoms with Crippen molar-refractivity contribution in [3.8, 4) is 0 Å². The quantitative estimate of drug-likeness (QED) is 0.920. The van der Waals surface area contributed by atoms with Crippen molar-refractivity contribution in [2.24, 2.45) is 0 Å². The van der Waals surface area contributed by atoms with Crippen LogP contribution in [0.5, 0.6) is 0 Å². The molecule has 1 N–H and O–H groups in total. The Bertz CT molecular complexity index is 740. The molecule has 3 rings (SSSR count). The molecule has 0 saturated carbocycles. The molecule has 1 amide bonds. The van der Waals surface area contributed by atoms with Crippen LogP contribution in [0.15, 0.2) is 30.5 Å². The standard InChI is InChI=1S/C16H18N4O3/c1-2-13-7-11-5-3-4-6-12(11)8-20(13)15(21)10-19-9-14(16(22)23)17-18-19/h3-6,9,13H,2,7-8,10H2,1H3,(H,22,23). The van der Waals surface area contributed by atoms with Crippen LogP contribution in [0.3, 0.4) is 0 Å². The van der Waals surface area contributed by atoms with E-state index in [-0.39, 0.29) is 24.2 Å². The van der Waals surface area contributed by atoms with Crippen molar-refractivity contribution in [2.75, 3.05) is 0 Å². The summed E-state index contributed by atoms with van der Waals surface area (Å²) in [4.78, 5) is 25.3. The van der Waals surface area contributed by atoms with Gasteiger partial charge in [-0.05, 0) is 24.0 Å². The number of hydrogen-bond donors (Lipinski definition) is 1. The molecule has 0 spiro atoms. The van der Waals surface area contributed by atoms with Crippen molar-refractivity contribution in [2.45, 2.75) is 38.9 Å². The fourth-order valence-corrected chi connectivity index (χ4v) is 2.95. The maximum Gasteiger partial charge on any atom is 0.358 e. The summed E-state index contributed by atoms with van der Waals surface area (Å²) < 4.78 is 1.28. The number of fused-ring (bicyclic) bond motifs is 1. The lowest BCUT2D eigenvalue weighted by molar-refractivity contribution is -0.135. The molecule has 0 fully saturated rings. The van der Waals surface area contributed by atoms with Crippen molar-refractivity contribution in [1.29, 1.82) is 0 Å². The van der Waals surface area contributed by atoms with E-state index in [0.29, 0.717) is 6.54 Å². The van der Waals surface area contributed by atoms with Gasteiger partial charge in [0.15, 0.2) is 5.69 Å². The van der Waals surface area contributed by atoms with Gasteiger partial charge in [-0.25, -0.2) is 9.48 Å². The minimum absolute atomic E-state index is 0.00104. The minimum atomic E-state index is -1.15. The second-order valence-electron chi connectivity index (χ2n) is 5.66. The highest BCUT2D eigenvalue weighted by Crippen LogP contribution is 2.25. The van der Waals surface area contributed by atoms with Crippen LogP contribution in [0.25, 0.3) is 0 Å². The summed E-state index contributed by atoms with van der Waals surface area (Å²) in [5.41, 5.74) is 2.29. The molecule has 1 aliphatic rings. The first-order valence-corrected chi connectivity index (χ1v) is 7.58. The highest BCUT2D eigenvalue weighted by molar-refractivity contribution is 5.84. The topological polar surface area (TPSA) is 88.3 Å². The molecular formula is C16H18N4O3. The van der Waals surface area contributed by atoms with Gasteiger partial charge in [0.25, 0.3) is 0 Å². The maximum atomic E-state index is 12.6. The van der Waals surface area contributed by atoms with E-state index >= 15 is 0 Å². The van der Waals surface area contributed by atoms with Crippen LogP contribution in [-0.2, 0) is 24.3 Å². The van der Waals surface area contributed by atoms with Crippen LogP contribution in [0.4, 0.5) is 0 Å². The summed E-state index contributed by atoms with van der Waals surface area (Å²) >= 11 is 0. The van der Waals surface area contributed by atoms with Gasteiger partial charge in [-0.2, -0.15) is 0 Å². The second-order valence-corrected chi connectivity index (χ2v) is 5.66. The number of amides is 1. The summed E-state index contributed by atoms with van der Waals surface area (Å²) in [6, 6.07) is 8.30. The number of hydrogen-bond acceptors (Lipinski definition) is 4. The molecule has 0 bridgehead atoms. The van der Waals surface area contributed by atoms with E-state index in [4.69, 9.17) is 5.11 Å². The monoisotopic (exact) mass is 314 g/mol. The van der Waals surface area contributed by atoms with Crippen molar-refractivity contribution >= 4 is 11.9 Å². The number of carbonyl (C=O) groups excluding carboxylic acids is 1. The van der Waals surface area contributed by atoms with Gasteiger partial charge < -0.3 is 10.0 Å². The Morgan fingerprint density at radius 2 is 2.04 bits per heavy atom. The van der Waals surface area contributed by atoms with Gasteiger partial charge in [0, 0.05) is 12.6 Å². The SMILES string of the molecule is CCC1Cc2ccccc2CN1C(=O)Cn1cc(C(=O)O)nn1. The van der Waals surface area contributed by atoms with Crippen molar-refractivity contribution in [3.63, 3.8) is 0 Å². The van der Waals surface area contributed by atoms with Crippen LogP contribution < -0.4 is 0 Å². The Morgan fingerprint density at radius 1 is 1.30 bits per heavy atom. The molecule has 0 radical (unpaired) electrons. The third-order valence-electron chi connectivity index (χ3n) is 4.20. The molecule has 1 aromatic carbocycles. The van der Waals surface area contributed by atoms with Gasteiger partial charge in [-0.15, -0.1) is 5.10 Å². The predicted octanol–water partition coefficient (Wildman–Crippen LogP) is 1.34. The molecule has 0 aliphatic carbocycles. The van der Waals surface area contributed by atoms with Crippen LogP contribution in [0.2, 0.25) is 0 Å². The molecule has 0 saturated heterocycles. The number of nitrogens with zero attached hydrogens (tertiary/aromatic N) is 4. The van der Waals surface area contributed by atoms with Crippen LogP contribution in [0.1, 0.15) is 35.0 Å². The second kappa shape index (κ2) is 6.20. The summed E-state index contributed by atoms with van der Waals surface area (Å²) in [7, 11) is 0. The average Bonchev–Trinajstić information content (AvgIpc) is 3.02. The van der Waals surface area contributed by atoms with E-state index in [1.54, 1.807) is 0 Å². The Kier molecular flexibility index (Phi) is 4.10. The number of carboxylic acid groups (broad SMARTS) is 1. The normalized spacial score (nSPS) is 16.9. The van der Waals surface area contributed by atoms with E-state index < -0.39 is 5.97 Å². The Balaban J connectivity index is 1.76. The molecule has 7 nitrogen and oxygen atoms in total. The van der Waals surface area contributed by atoms with Crippen LogP contribution in [0, 0.1) is 0 Å². The first-order valence-electron chi connectivity index (χ1n) is 7.58. The Hall–Kier alpha value is -2.70. The predicted molar refractivity (Wildman–Crippen MR) is 81.8 cm³/mol. The van der Waals surface area contributed by atoms with E-state index in [1.165, 1.54) is 16.4 Å². The maximum absolute atomic E-state index is 12.6. The lowest BCUT2D eigenvalue weighted by Crippen LogP contribution is -2.45. The lowest BCUT2D eigenvalue weighted by atomic mass is 9.92. The number of benzene rings is 1. The fraction of sp³-hybridized carbons (Fsp3) is 0.375. The van der Waals surface area contributed by atoms with Crippen molar-refractivity contribution in [3.05, 3.63) is 47.3 Å². The van der Waals surface area contributed by atoms with Gasteiger partial charge in [-0.3, -0.25) is 4.79 Å². The molecule has 120 valence electrons. The number of aromatic carboxylic acids is 1. The molecule has 1 atom stereocenters. The highest BCUT2D eigenvalue weighted by Gasteiger charge is 2.28. The molecule has 1 unspecified atom stereocenters. The summed E-state index contributed by atoms with van der Waals surface area (Å²) in [5.74, 6) is -1.23. The zero-order valence-corrected chi connectivity index (χ0v) is 12.8. The smallest absolute Gasteiger partial charge is 0.358 e. The number of aromatic nitrogens is 3. The Labute approximate surface area is 133 Å². The van der Waals surface area contributed by atoms with Gasteiger partial charge >= 0.3 is 5.97 Å². The number of rotatable bonds is 4. The summed E-state index contributed by atoms with van der Waals surface area (Å²) in [5, 5.41) is 16.1. The largest absolute Gasteiger partial charge is 0.476 e. The van der Waals surface area contributed by atoms with Crippen LogP contribution >= 0.6 is 0 Å². The zero-order chi connectivity index (χ0) is 16.4. The van der Waals surface area contributed by atoms with Crippen molar-refractivity contribution in [1.82, 2.24) is 19.9 Å². The van der Waals surface area contributed by atoms with Gasteiger partial charge in [0.1, 0.15) is 6.54 Å². The van der Waals surface area contributed by atoms with Crippen LogP contribution in [-0.4, -0.2) is 42.9 Å². The zero-order valence-electron chi connectivity index (χ0n) is 12.8. The fourth-order valence-electron chi connectivity index (χ4n) is 2.95. The van der Waals surface area contributed by atoms with Crippen molar-refractivity contribution < 1.29 is 14.7 Å². The Morgan fingerprint density at radius 3 is 2.70 bits per heavy atom. The third-order valence-corrected chi connectivity index (χ3v) is 4.20. The van der Waals surface area contributed by atoms with E-state index in [1.807, 2.05) is 23.1 Å². The molecule has 2 aromatic rings. The molecule has 23 heavy (non-hydrogen) atoms. The van der Waals surface area contributed by atoms with E-state index in [2.05, 4.69) is 23.3 Å². The number of carboxylic acids is 1. The van der Waals surface area contributed by atoms with E-state index in [0.717, 1.165) is 18.4 Å². The van der Waals surface area contributed by atoms with Gasteiger partial charge in [-0.1, -0.05) is 36.4 Å². The lowest BCUT2D eigenvalue weighted by Gasteiger charge is -2.36. The molecule has 7 heteroatoms. The first kappa shape index (κ1) is 15.2. The molecule has 2 heterocycles. The summed E-state index contributed by atoms with van der Waals surface area (Å²) in [6.07, 6.45) is 2.99. The molecular weight excluding hydrogens is 296 g/mol. The minimum Gasteiger partial charge on any atom is -0.476 e. The summed E-state index contributed by atoms with van der Waals surface area (Å²) in [6.45, 7) is 2.64. The third kappa shape index (κ3) is 3.08. The van der Waals surface area contributed by atoms with Gasteiger partial charge in [0.2, 0.25) is 5.91 Å². The average molecular weight is 314 g/mol. The number of carbonyl (C=O) groups is 2. The first-order chi connectivity index (χ1) is 11.1.